The molecule has 4 heterocycles. The van der Waals surface area contributed by atoms with Crippen LogP contribution >= 0.6 is 11.3 Å². The third kappa shape index (κ3) is 2.98. The first-order chi connectivity index (χ1) is 22.3. The van der Waals surface area contributed by atoms with Crippen molar-refractivity contribution in [3.05, 3.63) is 146 Å². The molecule has 3 heteroatoms. The van der Waals surface area contributed by atoms with Crippen LogP contribution in [0, 0.1) is 0 Å². The number of fused-ring (bicyclic) bond motifs is 8. The fourth-order valence-electron chi connectivity index (χ4n) is 8.09. The summed E-state index contributed by atoms with van der Waals surface area (Å²) < 4.78 is 7.64. The van der Waals surface area contributed by atoms with Crippen molar-refractivity contribution in [2.75, 3.05) is 0 Å². The Kier molecular flexibility index (Phi) is 4.49. The molecule has 2 nitrogen and oxygen atoms in total. The van der Waals surface area contributed by atoms with Crippen molar-refractivity contribution in [3.63, 3.8) is 0 Å². The van der Waals surface area contributed by atoms with Crippen molar-refractivity contribution >= 4 is 91.4 Å². The summed E-state index contributed by atoms with van der Waals surface area (Å²) in [5.74, 6) is 0. The highest BCUT2D eigenvalue weighted by Crippen LogP contribution is 2.45. The summed E-state index contributed by atoms with van der Waals surface area (Å²) in [5.41, 5.74) is 9.94. The molecule has 0 N–H and O–H groups in total. The Morgan fingerprint density at radius 3 is 1.96 bits per heavy atom. The van der Waals surface area contributed by atoms with Crippen molar-refractivity contribution in [2.45, 2.75) is 0 Å². The summed E-state index contributed by atoms with van der Waals surface area (Å²) in [6, 6.07) is 53.9. The van der Waals surface area contributed by atoms with Gasteiger partial charge in [-0.2, -0.15) is 0 Å². The average molecular weight is 589 g/mol. The molecule has 0 radical (unpaired) electrons. The standard InChI is InChI=1S/C42H24N2S/c1-3-18-33-28(12-1)30-16-6-17-31-29-15-7-19-34-40(29)41-35(20-9-21-36(41)44(33)42(30)31)43(34)26-11-5-10-25(24-26)27-14-8-23-38-39(27)32-13-2-4-22-37(32)45-38/h1-24H. The molecule has 0 bridgehead atoms. The largest absolute Gasteiger partial charge is 0.309 e. The van der Waals surface area contributed by atoms with Gasteiger partial charge in [-0.05, 0) is 65.0 Å². The number of rotatable bonds is 2. The van der Waals surface area contributed by atoms with Crippen LogP contribution in [0.5, 0.6) is 0 Å². The van der Waals surface area contributed by atoms with Gasteiger partial charge in [0.25, 0.3) is 0 Å². The van der Waals surface area contributed by atoms with Gasteiger partial charge in [-0.25, -0.2) is 0 Å². The normalized spacial score (nSPS) is 12.4. The maximum absolute atomic E-state index is 2.50. The van der Waals surface area contributed by atoms with Crippen molar-refractivity contribution in [1.29, 1.82) is 0 Å². The SMILES string of the molecule is c1cc(-c2cccc3sc4ccccc4c23)cc(-n2c3cccc4c5cccc6c7ccccc7n(c7cccc2c7c43)c56)c1. The molecule has 7 aromatic carbocycles. The van der Waals surface area contributed by atoms with Crippen LogP contribution in [-0.2, 0) is 0 Å². The van der Waals surface area contributed by atoms with Crippen molar-refractivity contribution in [1.82, 2.24) is 8.97 Å². The van der Waals surface area contributed by atoms with E-state index in [1.807, 2.05) is 11.3 Å². The second-order valence-corrected chi connectivity index (χ2v) is 13.2. The third-order valence-corrected chi connectivity index (χ3v) is 11.0. The number of hydrogen-bond acceptors (Lipinski definition) is 1. The first kappa shape index (κ1) is 23.8. The van der Waals surface area contributed by atoms with Gasteiger partial charge in [-0.15, -0.1) is 11.3 Å². The van der Waals surface area contributed by atoms with Crippen LogP contribution < -0.4 is 0 Å². The molecule has 0 aliphatic rings. The summed E-state index contributed by atoms with van der Waals surface area (Å²) in [6.07, 6.45) is 0. The first-order valence-electron chi connectivity index (χ1n) is 15.5. The van der Waals surface area contributed by atoms with Gasteiger partial charge < -0.3 is 8.97 Å². The quantitative estimate of drug-likeness (QED) is 0.190. The zero-order valence-electron chi connectivity index (χ0n) is 24.2. The van der Waals surface area contributed by atoms with Crippen molar-refractivity contribution in [2.24, 2.45) is 0 Å². The average Bonchev–Trinajstić information content (AvgIpc) is 3.73. The molecule has 0 fully saturated rings. The summed E-state index contributed by atoms with van der Waals surface area (Å²) in [7, 11) is 0. The Balaban J connectivity index is 1.28. The van der Waals surface area contributed by atoms with Gasteiger partial charge in [0.05, 0.1) is 27.6 Å². The molecule has 0 saturated carbocycles. The Bertz CT molecular complexity index is 2990. The maximum Gasteiger partial charge on any atom is 0.0619 e. The number of nitrogens with zero attached hydrogens (tertiary/aromatic N) is 2. The van der Waals surface area contributed by atoms with E-state index in [1.165, 1.54) is 96.9 Å². The van der Waals surface area contributed by atoms with Crippen LogP contribution in [0.25, 0.3) is 96.9 Å². The number of aromatic nitrogens is 2. The van der Waals surface area contributed by atoms with Gasteiger partial charge in [0, 0.05) is 52.8 Å². The van der Waals surface area contributed by atoms with E-state index in [4.69, 9.17) is 0 Å². The summed E-state index contributed by atoms with van der Waals surface area (Å²) in [4.78, 5) is 0. The highest BCUT2D eigenvalue weighted by Gasteiger charge is 2.22. The van der Waals surface area contributed by atoms with Gasteiger partial charge in [0.15, 0.2) is 0 Å². The van der Waals surface area contributed by atoms with E-state index in [1.54, 1.807) is 0 Å². The van der Waals surface area contributed by atoms with Gasteiger partial charge in [0.2, 0.25) is 0 Å². The molecule has 11 aromatic rings. The molecule has 0 spiro atoms. The molecule has 0 aliphatic carbocycles. The minimum Gasteiger partial charge on any atom is -0.309 e. The predicted octanol–water partition coefficient (Wildman–Crippen LogP) is 12.0. The van der Waals surface area contributed by atoms with E-state index in [0.29, 0.717) is 0 Å². The number of hydrogen-bond donors (Lipinski definition) is 0. The number of para-hydroxylation sites is 2. The highest BCUT2D eigenvalue weighted by molar-refractivity contribution is 7.25. The van der Waals surface area contributed by atoms with Crippen LogP contribution in [0.15, 0.2) is 146 Å². The lowest BCUT2D eigenvalue weighted by atomic mass is 9.99. The van der Waals surface area contributed by atoms with E-state index >= 15 is 0 Å². The van der Waals surface area contributed by atoms with Crippen LogP contribution in [0.2, 0.25) is 0 Å². The van der Waals surface area contributed by atoms with Gasteiger partial charge in [-0.3, -0.25) is 0 Å². The summed E-state index contributed by atoms with van der Waals surface area (Å²) >= 11 is 1.87. The second-order valence-electron chi connectivity index (χ2n) is 12.1. The molecule has 0 amide bonds. The fraction of sp³-hybridized carbons (Fsp3) is 0. The zero-order chi connectivity index (χ0) is 29.2. The van der Waals surface area contributed by atoms with Crippen molar-refractivity contribution < 1.29 is 0 Å². The molecule has 0 atom stereocenters. The summed E-state index contributed by atoms with van der Waals surface area (Å²) in [5, 5.41) is 10.5. The monoisotopic (exact) mass is 588 g/mol. The van der Waals surface area contributed by atoms with E-state index in [9.17, 15) is 0 Å². The lowest BCUT2D eigenvalue weighted by Crippen LogP contribution is -1.95. The van der Waals surface area contributed by atoms with E-state index in [2.05, 4.69) is 155 Å². The minimum absolute atomic E-state index is 1.18. The Hall–Kier alpha value is -5.64. The Morgan fingerprint density at radius 2 is 1.02 bits per heavy atom. The third-order valence-electron chi connectivity index (χ3n) is 9.84. The van der Waals surface area contributed by atoms with Crippen LogP contribution in [0.1, 0.15) is 0 Å². The molecule has 45 heavy (non-hydrogen) atoms. The zero-order valence-corrected chi connectivity index (χ0v) is 25.0. The second kappa shape index (κ2) is 8.50. The minimum atomic E-state index is 1.18. The lowest BCUT2D eigenvalue weighted by Gasteiger charge is -2.12. The molecule has 0 saturated heterocycles. The predicted molar refractivity (Wildman–Crippen MR) is 194 cm³/mol. The number of thiophene rings is 1. The summed E-state index contributed by atoms with van der Waals surface area (Å²) in [6.45, 7) is 0. The van der Waals surface area contributed by atoms with E-state index in [-0.39, 0.29) is 0 Å². The first-order valence-corrected chi connectivity index (χ1v) is 16.3. The van der Waals surface area contributed by atoms with Gasteiger partial charge in [0.1, 0.15) is 0 Å². The van der Waals surface area contributed by atoms with Crippen LogP contribution in [0.4, 0.5) is 0 Å². The topological polar surface area (TPSA) is 9.34 Å². The molecular formula is C42H24N2S. The van der Waals surface area contributed by atoms with Gasteiger partial charge in [-0.1, -0.05) is 97.1 Å². The van der Waals surface area contributed by atoms with Crippen LogP contribution in [-0.4, -0.2) is 8.97 Å². The van der Waals surface area contributed by atoms with E-state index in [0.717, 1.165) is 0 Å². The smallest absolute Gasteiger partial charge is 0.0619 e. The number of benzene rings is 7. The maximum atomic E-state index is 2.50. The molecule has 4 aromatic heterocycles. The molecule has 0 unspecified atom stereocenters. The van der Waals surface area contributed by atoms with E-state index < -0.39 is 0 Å². The van der Waals surface area contributed by atoms with Crippen LogP contribution in [0.3, 0.4) is 0 Å². The molecule has 11 rings (SSSR count). The lowest BCUT2D eigenvalue weighted by molar-refractivity contribution is 1.18. The highest BCUT2D eigenvalue weighted by atomic mass is 32.1. The Morgan fingerprint density at radius 1 is 0.400 bits per heavy atom. The Labute approximate surface area is 261 Å². The van der Waals surface area contributed by atoms with Gasteiger partial charge >= 0.3 is 0 Å². The van der Waals surface area contributed by atoms with Crippen molar-refractivity contribution in [3.8, 4) is 16.8 Å². The molecular weight excluding hydrogens is 565 g/mol. The molecule has 208 valence electrons. The molecule has 0 aliphatic heterocycles. The fourth-order valence-corrected chi connectivity index (χ4v) is 9.22.